The fourth-order valence-electron chi connectivity index (χ4n) is 2.90. The summed E-state index contributed by atoms with van der Waals surface area (Å²) in [5, 5.41) is 0. The van der Waals surface area contributed by atoms with Crippen LogP contribution in [0.2, 0.25) is 0 Å². The third-order valence-electron chi connectivity index (χ3n) is 3.82. The van der Waals surface area contributed by atoms with Crippen molar-refractivity contribution in [3.8, 4) is 5.75 Å². The van der Waals surface area contributed by atoms with E-state index in [1.165, 1.54) is 0 Å². The van der Waals surface area contributed by atoms with E-state index < -0.39 is 0 Å². The molecule has 1 fully saturated rings. The van der Waals surface area contributed by atoms with E-state index >= 15 is 0 Å². The zero-order valence-corrected chi connectivity index (χ0v) is 12.7. The Morgan fingerprint density at radius 3 is 2.35 bits per heavy atom. The van der Waals surface area contributed by atoms with E-state index in [1.807, 2.05) is 29.2 Å². The van der Waals surface area contributed by atoms with Crippen LogP contribution in [0.3, 0.4) is 0 Å². The maximum atomic E-state index is 12.3. The Hall–Kier alpha value is -1.55. The smallest absolute Gasteiger partial charge is 0.223 e. The zero-order valence-electron chi connectivity index (χ0n) is 12.7. The van der Waals surface area contributed by atoms with Gasteiger partial charge in [0, 0.05) is 18.0 Å². The molecular formula is C16H24N2O2. The average molecular weight is 276 g/mol. The molecule has 1 aromatic carbocycles. The first-order valence-electron chi connectivity index (χ1n) is 7.06. The summed E-state index contributed by atoms with van der Waals surface area (Å²) in [4.78, 5) is 14.3. The summed E-state index contributed by atoms with van der Waals surface area (Å²) in [6.45, 7) is 6.17. The number of hydrogen-bond acceptors (Lipinski definition) is 3. The van der Waals surface area contributed by atoms with Crippen molar-refractivity contribution in [1.82, 2.24) is 4.90 Å². The first kappa shape index (κ1) is 14.9. The second kappa shape index (κ2) is 5.44. The number of rotatable bonds is 2. The summed E-state index contributed by atoms with van der Waals surface area (Å²) in [5.74, 6) is 0.992. The molecule has 110 valence electrons. The highest BCUT2D eigenvalue weighted by Crippen LogP contribution is 2.36. The van der Waals surface area contributed by atoms with Crippen molar-refractivity contribution in [2.45, 2.75) is 51.2 Å². The normalized spacial score (nSPS) is 23.9. The lowest BCUT2D eigenvalue weighted by Gasteiger charge is -2.47. The molecule has 1 heterocycles. The van der Waals surface area contributed by atoms with E-state index in [9.17, 15) is 4.79 Å². The Morgan fingerprint density at radius 2 is 1.85 bits per heavy atom. The number of nitrogens with zero attached hydrogens (tertiary/aromatic N) is 1. The Bertz CT molecular complexity index is 476. The molecule has 0 radical (unpaired) electrons. The highest BCUT2D eigenvalue weighted by atomic mass is 16.5. The van der Waals surface area contributed by atoms with Crippen molar-refractivity contribution < 1.29 is 9.53 Å². The number of methoxy groups -OCH3 is 1. The quantitative estimate of drug-likeness (QED) is 0.903. The molecule has 1 aliphatic heterocycles. The number of piperidine rings is 1. The van der Waals surface area contributed by atoms with Crippen molar-refractivity contribution in [2.24, 2.45) is 5.73 Å². The van der Waals surface area contributed by atoms with Crippen LogP contribution in [0, 0.1) is 0 Å². The van der Waals surface area contributed by atoms with E-state index in [0.29, 0.717) is 6.42 Å². The predicted molar refractivity (Wildman–Crippen MR) is 79.5 cm³/mol. The molecule has 2 N–H and O–H groups in total. The number of carbonyl (C=O) groups is 1. The maximum Gasteiger partial charge on any atom is 0.223 e. The van der Waals surface area contributed by atoms with Crippen molar-refractivity contribution in [1.29, 1.82) is 0 Å². The van der Waals surface area contributed by atoms with Crippen LogP contribution in [0.25, 0.3) is 0 Å². The number of carbonyl (C=O) groups excluding carboxylic acids is 1. The molecule has 1 amide bonds. The zero-order chi connectivity index (χ0) is 14.9. The topological polar surface area (TPSA) is 55.6 Å². The van der Waals surface area contributed by atoms with Gasteiger partial charge in [-0.3, -0.25) is 4.79 Å². The summed E-state index contributed by atoms with van der Waals surface area (Å²) < 4.78 is 5.19. The molecular weight excluding hydrogens is 252 g/mol. The van der Waals surface area contributed by atoms with Gasteiger partial charge in [0.1, 0.15) is 5.75 Å². The molecule has 2 rings (SSSR count). The Balaban J connectivity index is 2.39. The molecule has 2 unspecified atom stereocenters. The minimum atomic E-state index is -0.236. The summed E-state index contributed by atoms with van der Waals surface area (Å²) in [5.41, 5.74) is 7.14. The number of amides is 1. The largest absolute Gasteiger partial charge is 0.497 e. The Labute approximate surface area is 120 Å². The van der Waals surface area contributed by atoms with Gasteiger partial charge in [-0.15, -0.1) is 0 Å². The second-order valence-corrected chi connectivity index (χ2v) is 6.36. The second-order valence-electron chi connectivity index (χ2n) is 6.36. The average Bonchev–Trinajstić information content (AvgIpc) is 2.40. The molecule has 0 aliphatic carbocycles. The molecule has 1 aliphatic rings. The van der Waals surface area contributed by atoms with Crippen LogP contribution in [0.15, 0.2) is 24.3 Å². The van der Waals surface area contributed by atoms with Gasteiger partial charge in [0.25, 0.3) is 0 Å². The highest BCUT2D eigenvalue weighted by molar-refractivity contribution is 5.78. The standard InChI is InChI=1S/C16H24N2O2/c1-16(2,3)18-14(19)10-9-13(17)15(18)11-5-7-12(20-4)8-6-11/h5-8,13,15H,9-10,17H2,1-4H3. The van der Waals surface area contributed by atoms with Gasteiger partial charge in [0.2, 0.25) is 5.91 Å². The minimum absolute atomic E-state index is 0.0275. The highest BCUT2D eigenvalue weighted by Gasteiger charge is 2.40. The van der Waals surface area contributed by atoms with Crippen LogP contribution in [0.4, 0.5) is 0 Å². The van der Waals surface area contributed by atoms with E-state index in [1.54, 1.807) is 7.11 Å². The van der Waals surface area contributed by atoms with Gasteiger partial charge >= 0.3 is 0 Å². The van der Waals surface area contributed by atoms with E-state index in [4.69, 9.17) is 10.5 Å². The Kier molecular flexibility index (Phi) is 4.04. The van der Waals surface area contributed by atoms with Crippen LogP contribution in [-0.2, 0) is 4.79 Å². The van der Waals surface area contributed by atoms with Gasteiger partial charge in [-0.2, -0.15) is 0 Å². The first-order chi connectivity index (χ1) is 9.34. The number of likely N-dealkylation sites (tertiary alicyclic amines) is 1. The summed E-state index contributed by atoms with van der Waals surface area (Å²) in [6, 6.07) is 7.74. The van der Waals surface area contributed by atoms with Gasteiger partial charge in [0.05, 0.1) is 13.2 Å². The SMILES string of the molecule is COc1ccc(C2C(N)CCC(=O)N2C(C)(C)C)cc1. The van der Waals surface area contributed by atoms with Gasteiger partial charge in [-0.1, -0.05) is 12.1 Å². The van der Waals surface area contributed by atoms with E-state index in [2.05, 4.69) is 20.8 Å². The van der Waals surface area contributed by atoms with Crippen LogP contribution in [0.1, 0.15) is 45.2 Å². The molecule has 4 heteroatoms. The molecule has 0 spiro atoms. The van der Waals surface area contributed by atoms with E-state index in [-0.39, 0.29) is 23.5 Å². The fraction of sp³-hybridized carbons (Fsp3) is 0.562. The molecule has 0 bridgehead atoms. The molecule has 20 heavy (non-hydrogen) atoms. The van der Waals surface area contributed by atoms with Gasteiger partial charge in [-0.25, -0.2) is 0 Å². The van der Waals surface area contributed by atoms with Crippen molar-refractivity contribution in [2.75, 3.05) is 7.11 Å². The van der Waals surface area contributed by atoms with Crippen molar-refractivity contribution in [3.63, 3.8) is 0 Å². The molecule has 4 nitrogen and oxygen atoms in total. The molecule has 0 aromatic heterocycles. The van der Waals surface area contributed by atoms with Crippen LogP contribution >= 0.6 is 0 Å². The summed E-state index contributed by atoms with van der Waals surface area (Å²) in [6.07, 6.45) is 1.27. The Morgan fingerprint density at radius 1 is 1.25 bits per heavy atom. The number of nitrogens with two attached hydrogens (primary N) is 1. The maximum absolute atomic E-state index is 12.3. The molecule has 1 saturated heterocycles. The van der Waals surface area contributed by atoms with E-state index in [0.717, 1.165) is 17.7 Å². The molecule has 0 saturated carbocycles. The number of benzene rings is 1. The van der Waals surface area contributed by atoms with Crippen LogP contribution in [0.5, 0.6) is 5.75 Å². The number of hydrogen-bond donors (Lipinski definition) is 1. The molecule has 1 aromatic rings. The monoisotopic (exact) mass is 276 g/mol. The van der Waals surface area contributed by atoms with Crippen molar-refractivity contribution >= 4 is 5.91 Å². The third kappa shape index (κ3) is 2.80. The predicted octanol–water partition coefficient (Wildman–Crippen LogP) is 2.48. The van der Waals surface area contributed by atoms with Crippen molar-refractivity contribution in [3.05, 3.63) is 29.8 Å². The fourth-order valence-corrected chi connectivity index (χ4v) is 2.90. The first-order valence-corrected chi connectivity index (χ1v) is 7.06. The number of ether oxygens (including phenoxy) is 1. The summed E-state index contributed by atoms with van der Waals surface area (Å²) in [7, 11) is 1.65. The molecule has 2 atom stereocenters. The lowest BCUT2D eigenvalue weighted by Crippen LogP contribution is -2.56. The van der Waals surface area contributed by atoms with Gasteiger partial charge in [0.15, 0.2) is 0 Å². The minimum Gasteiger partial charge on any atom is -0.497 e. The lowest BCUT2D eigenvalue weighted by atomic mass is 9.86. The van der Waals surface area contributed by atoms with Crippen LogP contribution in [-0.4, -0.2) is 29.5 Å². The third-order valence-corrected chi connectivity index (χ3v) is 3.82. The van der Waals surface area contributed by atoms with Crippen LogP contribution < -0.4 is 10.5 Å². The lowest BCUT2D eigenvalue weighted by molar-refractivity contribution is -0.144. The van der Waals surface area contributed by atoms with Gasteiger partial charge in [-0.05, 0) is 44.9 Å². The van der Waals surface area contributed by atoms with Gasteiger partial charge < -0.3 is 15.4 Å². The summed E-state index contributed by atoms with van der Waals surface area (Å²) >= 11 is 0.